The predicted octanol–water partition coefficient (Wildman–Crippen LogP) is 2.42. The van der Waals surface area contributed by atoms with Gasteiger partial charge in [0, 0.05) is 5.69 Å². The Morgan fingerprint density at radius 3 is 2.32 bits per heavy atom. The van der Waals surface area contributed by atoms with Gasteiger partial charge in [-0.05, 0) is 43.7 Å². The van der Waals surface area contributed by atoms with Crippen molar-refractivity contribution in [1.29, 1.82) is 0 Å². The molecular weight excluding hydrogens is 280 g/mol. The Balaban J connectivity index is 2.00. The minimum Gasteiger partial charge on any atom is -0.483 e. The largest absolute Gasteiger partial charge is 0.483 e. The number of rotatable bonds is 5. The van der Waals surface area contributed by atoms with Crippen LogP contribution in [0.4, 0.5) is 5.69 Å². The van der Waals surface area contributed by atoms with Crippen LogP contribution in [-0.4, -0.2) is 18.4 Å². The Hall–Kier alpha value is -2.82. The summed E-state index contributed by atoms with van der Waals surface area (Å²) < 4.78 is 5.42. The summed E-state index contributed by atoms with van der Waals surface area (Å²) >= 11 is 0. The number of nitrogens with one attached hydrogen (secondary N) is 1. The molecule has 114 valence electrons. The van der Waals surface area contributed by atoms with E-state index in [1.807, 2.05) is 38.1 Å². The van der Waals surface area contributed by atoms with Gasteiger partial charge in [0.25, 0.3) is 11.8 Å². The summed E-state index contributed by atoms with van der Waals surface area (Å²) in [6, 6.07) is 12.5. The molecule has 0 heterocycles. The molecule has 0 bridgehead atoms. The minimum absolute atomic E-state index is 0.197. The Morgan fingerprint density at radius 1 is 1.05 bits per heavy atom. The van der Waals surface area contributed by atoms with E-state index >= 15 is 0 Å². The van der Waals surface area contributed by atoms with Crippen LogP contribution in [0.25, 0.3) is 0 Å². The first-order valence-electron chi connectivity index (χ1n) is 6.85. The first kappa shape index (κ1) is 15.6. The SMILES string of the molecule is Cc1ccc(NC(=O)COc2cc(C)ccc2C(N)=O)cc1. The fourth-order valence-electron chi connectivity index (χ4n) is 1.93. The number of hydrogen-bond donors (Lipinski definition) is 2. The Morgan fingerprint density at radius 2 is 1.68 bits per heavy atom. The van der Waals surface area contributed by atoms with Crippen LogP contribution in [0.5, 0.6) is 5.75 Å². The lowest BCUT2D eigenvalue weighted by atomic mass is 10.1. The van der Waals surface area contributed by atoms with Crippen molar-refractivity contribution < 1.29 is 14.3 Å². The lowest BCUT2D eigenvalue weighted by Crippen LogP contribution is -2.21. The highest BCUT2D eigenvalue weighted by Gasteiger charge is 2.11. The summed E-state index contributed by atoms with van der Waals surface area (Å²) in [6.45, 7) is 3.64. The Bertz CT molecular complexity index is 694. The zero-order chi connectivity index (χ0) is 16.1. The van der Waals surface area contributed by atoms with Crippen LogP contribution in [0.1, 0.15) is 21.5 Å². The number of ether oxygens (including phenoxy) is 1. The molecule has 22 heavy (non-hydrogen) atoms. The summed E-state index contributed by atoms with van der Waals surface area (Å²) in [4.78, 5) is 23.2. The average Bonchev–Trinajstić information content (AvgIpc) is 2.47. The number of hydrogen-bond acceptors (Lipinski definition) is 3. The monoisotopic (exact) mass is 298 g/mol. The smallest absolute Gasteiger partial charge is 0.262 e. The number of carbonyl (C=O) groups excluding carboxylic acids is 2. The lowest BCUT2D eigenvalue weighted by molar-refractivity contribution is -0.118. The summed E-state index contributed by atoms with van der Waals surface area (Å²) in [6.07, 6.45) is 0. The van der Waals surface area contributed by atoms with E-state index in [-0.39, 0.29) is 18.1 Å². The van der Waals surface area contributed by atoms with Crippen molar-refractivity contribution in [2.75, 3.05) is 11.9 Å². The first-order valence-corrected chi connectivity index (χ1v) is 6.85. The Labute approximate surface area is 129 Å². The molecular formula is C17H18N2O3. The van der Waals surface area contributed by atoms with Crippen LogP contribution in [0, 0.1) is 13.8 Å². The normalized spacial score (nSPS) is 10.1. The molecule has 0 aromatic heterocycles. The quantitative estimate of drug-likeness (QED) is 0.889. The van der Waals surface area contributed by atoms with Gasteiger partial charge in [0.1, 0.15) is 5.75 Å². The van der Waals surface area contributed by atoms with E-state index in [0.717, 1.165) is 11.1 Å². The second-order valence-electron chi connectivity index (χ2n) is 5.07. The van der Waals surface area contributed by atoms with Crippen molar-refractivity contribution in [3.8, 4) is 5.75 Å². The standard InChI is InChI=1S/C17H18N2O3/c1-11-3-6-13(7-4-11)19-16(20)10-22-15-9-12(2)5-8-14(15)17(18)21/h3-9H,10H2,1-2H3,(H2,18,21)(H,19,20). The molecule has 2 aromatic rings. The molecule has 0 aliphatic heterocycles. The van der Waals surface area contributed by atoms with Crippen molar-refractivity contribution in [1.82, 2.24) is 0 Å². The molecule has 0 saturated carbocycles. The average molecular weight is 298 g/mol. The molecule has 0 unspecified atom stereocenters. The van der Waals surface area contributed by atoms with E-state index in [1.165, 1.54) is 0 Å². The number of aryl methyl sites for hydroxylation is 2. The van der Waals surface area contributed by atoms with Gasteiger partial charge in [-0.15, -0.1) is 0 Å². The van der Waals surface area contributed by atoms with Crippen LogP contribution in [0.2, 0.25) is 0 Å². The van der Waals surface area contributed by atoms with Crippen LogP contribution in [0.3, 0.4) is 0 Å². The molecule has 0 fully saturated rings. The van der Waals surface area contributed by atoms with Gasteiger partial charge >= 0.3 is 0 Å². The molecule has 3 N–H and O–H groups in total. The van der Waals surface area contributed by atoms with Gasteiger partial charge in [-0.2, -0.15) is 0 Å². The van der Waals surface area contributed by atoms with Crippen molar-refractivity contribution >= 4 is 17.5 Å². The third-order valence-electron chi connectivity index (χ3n) is 3.10. The maximum absolute atomic E-state index is 11.9. The van der Waals surface area contributed by atoms with E-state index in [0.29, 0.717) is 11.4 Å². The van der Waals surface area contributed by atoms with Crippen LogP contribution in [-0.2, 0) is 4.79 Å². The minimum atomic E-state index is -0.589. The molecule has 2 rings (SSSR count). The van der Waals surface area contributed by atoms with Crippen molar-refractivity contribution in [2.24, 2.45) is 5.73 Å². The lowest BCUT2D eigenvalue weighted by Gasteiger charge is -2.11. The number of carbonyl (C=O) groups is 2. The van der Waals surface area contributed by atoms with E-state index in [4.69, 9.17) is 10.5 Å². The fraction of sp³-hybridized carbons (Fsp3) is 0.176. The molecule has 5 heteroatoms. The predicted molar refractivity (Wildman–Crippen MR) is 85.0 cm³/mol. The first-order chi connectivity index (χ1) is 10.5. The highest BCUT2D eigenvalue weighted by atomic mass is 16.5. The molecule has 0 saturated heterocycles. The third-order valence-corrected chi connectivity index (χ3v) is 3.10. The maximum Gasteiger partial charge on any atom is 0.262 e. The van der Waals surface area contributed by atoms with Gasteiger partial charge in [-0.25, -0.2) is 0 Å². The van der Waals surface area contributed by atoms with Gasteiger partial charge in [0.05, 0.1) is 5.56 Å². The van der Waals surface area contributed by atoms with Crippen LogP contribution in [0.15, 0.2) is 42.5 Å². The molecule has 2 amide bonds. The topological polar surface area (TPSA) is 81.4 Å². The van der Waals surface area contributed by atoms with E-state index in [2.05, 4.69) is 5.32 Å². The van der Waals surface area contributed by atoms with Gasteiger partial charge in [-0.1, -0.05) is 23.8 Å². The molecule has 0 aliphatic carbocycles. The number of primary amides is 1. The third kappa shape index (κ3) is 4.09. The molecule has 0 atom stereocenters. The second kappa shape index (κ2) is 6.76. The van der Waals surface area contributed by atoms with E-state index in [1.54, 1.807) is 18.2 Å². The highest BCUT2D eigenvalue weighted by Crippen LogP contribution is 2.20. The van der Waals surface area contributed by atoms with E-state index < -0.39 is 5.91 Å². The summed E-state index contributed by atoms with van der Waals surface area (Å²) in [7, 11) is 0. The summed E-state index contributed by atoms with van der Waals surface area (Å²) in [5, 5.41) is 2.72. The number of anilines is 1. The maximum atomic E-state index is 11.9. The van der Waals surface area contributed by atoms with Gasteiger partial charge in [0.2, 0.25) is 0 Å². The molecule has 0 aliphatic rings. The highest BCUT2D eigenvalue weighted by molar-refractivity contribution is 5.96. The van der Waals surface area contributed by atoms with Crippen molar-refractivity contribution in [3.63, 3.8) is 0 Å². The Kier molecular flexibility index (Phi) is 4.78. The molecule has 0 spiro atoms. The van der Waals surface area contributed by atoms with Crippen molar-refractivity contribution in [3.05, 3.63) is 59.2 Å². The molecule has 5 nitrogen and oxygen atoms in total. The molecule has 2 aromatic carbocycles. The zero-order valence-electron chi connectivity index (χ0n) is 12.6. The van der Waals surface area contributed by atoms with Crippen LogP contribution < -0.4 is 15.8 Å². The van der Waals surface area contributed by atoms with Gasteiger partial charge in [0.15, 0.2) is 6.61 Å². The number of amides is 2. The summed E-state index contributed by atoms with van der Waals surface area (Å²) in [5.74, 6) is -0.582. The van der Waals surface area contributed by atoms with E-state index in [9.17, 15) is 9.59 Å². The van der Waals surface area contributed by atoms with Gasteiger partial charge < -0.3 is 15.8 Å². The number of benzene rings is 2. The molecule has 0 radical (unpaired) electrons. The second-order valence-corrected chi connectivity index (χ2v) is 5.07. The van der Waals surface area contributed by atoms with Gasteiger partial charge in [-0.3, -0.25) is 9.59 Å². The summed E-state index contributed by atoms with van der Waals surface area (Å²) in [5.41, 5.74) is 8.27. The fourth-order valence-corrected chi connectivity index (χ4v) is 1.93. The zero-order valence-corrected chi connectivity index (χ0v) is 12.6. The van der Waals surface area contributed by atoms with Crippen LogP contribution >= 0.6 is 0 Å². The van der Waals surface area contributed by atoms with Crippen molar-refractivity contribution in [2.45, 2.75) is 13.8 Å². The number of nitrogens with two attached hydrogens (primary N) is 1.